The van der Waals surface area contributed by atoms with E-state index in [2.05, 4.69) is 22.9 Å². The molecule has 2 aromatic carbocycles. The average molecular weight is 501 g/mol. The van der Waals surface area contributed by atoms with Crippen molar-refractivity contribution in [1.29, 1.82) is 0 Å². The minimum absolute atomic E-state index is 0.121. The lowest BCUT2D eigenvalue weighted by atomic mass is 10.1. The number of rotatable bonds is 5. The van der Waals surface area contributed by atoms with Crippen molar-refractivity contribution in [3.63, 3.8) is 0 Å². The molecule has 2 aliphatic heterocycles. The Labute approximate surface area is 194 Å². The molecule has 0 saturated carbocycles. The second kappa shape index (κ2) is 8.65. The van der Waals surface area contributed by atoms with E-state index < -0.39 is 0 Å². The molecule has 2 heterocycles. The Morgan fingerprint density at radius 3 is 2.53 bits per heavy atom. The third kappa shape index (κ3) is 3.63. The molecule has 0 radical (unpaired) electrons. The summed E-state index contributed by atoms with van der Waals surface area (Å²) >= 11 is 10.3. The van der Waals surface area contributed by atoms with Gasteiger partial charge in [0.15, 0.2) is 0 Å². The van der Waals surface area contributed by atoms with E-state index in [4.69, 9.17) is 12.2 Å². The number of carbonyl (C=O) groups is 2. The summed E-state index contributed by atoms with van der Waals surface area (Å²) in [5.74, 6) is -0.322. The average Bonchev–Trinajstić information content (AvgIpc) is 3.18. The molecule has 154 valence electrons. The van der Waals surface area contributed by atoms with Crippen LogP contribution in [0.5, 0.6) is 0 Å². The summed E-state index contributed by atoms with van der Waals surface area (Å²) in [5, 5.41) is 0. The lowest BCUT2D eigenvalue weighted by Crippen LogP contribution is -2.32. The molecule has 0 spiro atoms. The van der Waals surface area contributed by atoms with Crippen molar-refractivity contribution in [3.8, 4) is 0 Å². The molecule has 0 aliphatic carbocycles. The zero-order chi connectivity index (χ0) is 21.4. The Balaban J connectivity index is 1.77. The second-order valence-corrected chi connectivity index (χ2v) is 9.87. The van der Waals surface area contributed by atoms with Crippen molar-refractivity contribution in [2.24, 2.45) is 0 Å². The van der Waals surface area contributed by atoms with Gasteiger partial charge in [0, 0.05) is 16.6 Å². The van der Waals surface area contributed by atoms with E-state index in [1.165, 1.54) is 11.8 Å². The van der Waals surface area contributed by atoms with Crippen LogP contribution < -0.4 is 4.90 Å². The lowest BCUT2D eigenvalue weighted by Gasteiger charge is -2.23. The van der Waals surface area contributed by atoms with Gasteiger partial charge in [0.05, 0.1) is 22.2 Å². The van der Waals surface area contributed by atoms with Crippen LogP contribution in [0.3, 0.4) is 0 Å². The number of nitrogens with zero attached hydrogens (tertiary/aromatic N) is 2. The van der Waals surface area contributed by atoms with E-state index >= 15 is 0 Å². The number of fused-ring (bicyclic) bond motifs is 1. The molecule has 0 unspecified atom stereocenters. The van der Waals surface area contributed by atoms with E-state index in [9.17, 15) is 9.59 Å². The standard InChI is InChI=1S/C23H21BrN2O2S2/c1-3-4-12-25-18-11-10-16(24)13-17(18)19(21(25)27)20-22(28)26(23(29)30-20)14(2)15-8-6-5-7-9-15/h5-11,13-14H,3-4,12H2,1-2H3/b20-19-/t14-/m0/s1. The van der Waals surface area contributed by atoms with E-state index in [1.807, 2.05) is 55.5 Å². The summed E-state index contributed by atoms with van der Waals surface area (Å²) in [6.07, 6.45) is 1.89. The molecule has 0 aromatic heterocycles. The number of hydrogen-bond donors (Lipinski definition) is 0. The Hall–Kier alpha value is -1.96. The van der Waals surface area contributed by atoms with Crippen molar-refractivity contribution < 1.29 is 9.59 Å². The molecule has 1 fully saturated rings. The van der Waals surface area contributed by atoms with Gasteiger partial charge >= 0.3 is 0 Å². The maximum Gasteiger partial charge on any atom is 0.267 e. The minimum atomic E-state index is -0.202. The summed E-state index contributed by atoms with van der Waals surface area (Å²) in [5.41, 5.74) is 3.11. The number of anilines is 1. The van der Waals surface area contributed by atoms with Crippen molar-refractivity contribution >= 4 is 67.3 Å². The molecule has 4 rings (SSSR count). The zero-order valence-corrected chi connectivity index (χ0v) is 19.9. The number of thioether (sulfide) groups is 1. The van der Waals surface area contributed by atoms with Crippen LogP contribution in [-0.4, -0.2) is 27.6 Å². The molecule has 7 heteroatoms. The summed E-state index contributed by atoms with van der Waals surface area (Å²) in [6.45, 7) is 4.69. The second-order valence-electron chi connectivity index (χ2n) is 7.31. The fourth-order valence-electron chi connectivity index (χ4n) is 3.81. The van der Waals surface area contributed by atoms with E-state index in [0.29, 0.717) is 21.3 Å². The fourth-order valence-corrected chi connectivity index (χ4v) is 5.66. The largest absolute Gasteiger partial charge is 0.308 e. The van der Waals surface area contributed by atoms with Gasteiger partial charge in [-0.1, -0.05) is 83.6 Å². The molecule has 1 atom stereocenters. The Morgan fingerprint density at radius 2 is 1.83 bits per heavy atom. The normalized spacial score (nSPS) is 19.6. The van der Waals surface area contributed by atoms with Crippen LogP contribution in [0.2, 0.25) is 0 Å². The molecule has 1 saturated heterocycles. The summed E-state index contributed by atoms with van der Waals surface area (Å²) in [4.78, 5) is 30.7. The Bertz CT molecular complexity index is 1070. The molecule has 0 N–H and O–H groups in total. The van der Waals surface area contributed by atoms with E-state index in [1.54, 1.807) is 9.80 Å². The third-order valence-corrected chi connectivity index (χ3v) is 7.30. The summed E-state index contributed by atoms with van der Waals surface area (Å²) in [6, 6.07) is 15.4. The van der Waals surface area contributed by atoms with Crippen molar-refractivity contribution in [1.82, 2.24) is 4.90 Å². The quantitative estimate of drug-likeness (QED) is 0.376. The maximum absolute atomic E-state index is 13.5. The molecule has 2 amide bonds. The molecular formula is C23H21BrN2O2S2. The smallest absolute Gasteiger partial charge is 0.267 e. The van der Waals surface area contributed by atoms with Crippen molar-refractivity contribution in [2.45, 2.75) is 32.7 Å². The van der Waals surface area contributed by atoms with Gasteiger partial charge in [0.2, 0.25) is 0 Å². The van der Waals surface area contributed by atoms with Crippen LogP contribution in [0.1, 0.15) is 43.9 Å². The van der Waals surface area contributed by atoms with Gasteiger partial charge in [-0.2, -0.15) is 0 Å². The van der Waals surface area contributed by atoms with Crippen LogP contribution in [0, 0.1) is 0 Å². The Kier molecular flexibility index (Phi) is 6.14. The first kappa shape index (κ1) is 21.3. The molecule has 30 heavy (non-hydrogen) atoms. The van der Waals surface area contributed by atoms with Crippen LogP contribution in [-0.2, 0) is 9.59 Å². The monoisotopic (exact) mass is 500 g/mol. The zero-order valence-electron chi connectivity index (χ0n) is 16.7. The van der Waals surface area contributed by atoms with E-state index in [-0.39, 0.29) is 17.9 Å². The molecular weight excluding hydrogens is 480 g/mol. The number of benzene rings is 2. The van der Waals surface area contributed by atoms with Crippen LogP contribution >= 0.6 is 39.9 Å². The highest BCUT2D eigenvalue weighted by molar-refractivity contribution is 9.10. The highest BCUT2D eigenvalue weighted by Crippen LogP contribution is 2.47. The first-order chi connectivity index (χ1) is 14.4. The molecule has 2 aliphatic rings. The van der Waals surface area contributed by atoms with Crippen molar-refractivity contribution in [3.05, 3.63) is 69.0 Å². The number of carbonyl (C=O) groups excluding carboxylic acids is 2. The molecule has 2 aromatic rings. The van der Waals surface area contributed by atoms with Crippen LogP contribution in [0.15, 0.2) is 57.9 Å². The van der Waals surface area contributed by atoms with E-state index in [0.717, 1.165) is 34.1 Å². The summed E-state index contributed by atoms with van der Waals surface area (Å²) in [7, 11) is 0. The number of unbranched alkanes of at least 4 members (excludes halogenated alkanes) is 1. The minimum Gasteiger partial charge on any atom is -0.308 e. The van der Waals surface area contributed by atoms with Gasteiger partial charge < -0.3 is 4.90 Å². The van der Waals surface area contributed by atoms with Crippen LogP contribution in [0.25, 0.3) is 5.57 Å². The SMILES string of the molecule is CCCCN1C(=O)/C(=C2\SC(=S)N([C@@H](C)c3ccccc3)C2=O)c2cc(Br)ccc21. The van der Waals surface area contributed by atoms with Crippen molar-refractivity contribution in [2.75, 3.05) is 11.4 Å². The van der Waals surface area contributed by atoms with Gasteiger partial charge in [0.1, 0.15) is 4.32 Å². The van der Waals surface area contributed by atoms with Gasteiger partial charge in [0.25, 0.3) is 11.8 Å². The number of hydrogen-bond acceptors (Lipinski definition) is 4. The number of halogens is 1. The predicted octanol–water partition coefficient (Wildman–Crippen LogP) is 5.93. The van der Waals surface area contributed by atoms with Gasteiger partial charge in [-0.3, -0.25) is 14.5 Å². The number of amides is 2. The highest BCUT2D eigenvalue weighted by Gasteiger charge is 2.43. The first-order valence-electron chi connectivity index (χ1n) is 9.90. The van der Waals surface area contributed by atoms with Gasteiger partial charge in [-0.15, -0.1) is 0 Å². The van der Waals surface area contributed by atoms with Gasteiger partial charge in [-0.05, 0) is 37.1 Å². The third-order valence-electron chi connectivity index (χ3n) is 5.41. The van der Waals surface area contributed by atoms with Crippen LogP contribution in [0.4, 0.5) is 5.69 Å². The predicted molar refractivity (Wildman–Crippen MR) is 130 cm³/mol. The molecule has 4 nitrogen and oxygen atoms in total. The summed E-state index contributed by atoms with van der Waals surface area (Å²) < 4.78 is 1.35. The maximum atomic E-state index is 13.5. The Morgan fingerprint density at radius 1 is 1.10 bits per heavy atom. The van der Waals surface area contributed by atoms with Gasteiger partial charge in [-0.25, -0.2) is 0 Å². The topological polar surface area (TPSA) is 40.6 Å². The number of thiocarbonyl (C=S) groups is 1. The fraction of sp³-hybridized carbons (Fsp3) is 0.261. The lowest BCUT2D eigenvalue weighted by molar-refractivity contribution is -0.123. The first-order valence-corrected chi connectivity index (χ1v) is 11.9. The molecule has 0 bridgehead atoms. The highest BCUT2D eigenvalue weighted by atomic mass is 79.9.